The molecule has 0 unspecified atom stereocenters. The Morgan fingerprint density at radius 1 is 1.41 bits per heavy atom. The molecule has 2 rings (SSSR count). The molecule has 4 nitrogen and oxygen atoms in total. The molecular formula is C12H19BrN2O2. The van der Waals surface area contributed by atoms with Gasteiger partial charge < -0.3 is 15.4 Å². The fourth-order valence-corrected chi connectivity index (χ4v) is 2.31. The van der Waals surface area contributed by atoms with Crippen LogP contribution in [0.25, 0.3) is 0 Å². The van der Waals surface area contributed by atoms with Crippen molar-refractivity contribution in [3.05, 3.63) is 11.1 Å². The lowest BCUT2D eigenvalue weighted by molar-refractivity contribution is -0.00912. The number of hydrogen-bond donors (Lipinski definition) is 2. The Bertz CT molecular complexity index is 305. The lowest BCUT2D eigenvalue weighted by Gasteiger charge is -2.30. The van der Waals surface area contributed by atoms with Crippen LogP contribution in [0, 0.1) is 5.92 Å². The highest BCUT2D eigenvalue weighted by molar-refractivity contribution is 9.11. The molecule has 0 bridgehead atoms. The lowest BCUT2D eigenvalue weighted by Crippen LogP contribution is -2.46. The van der Waals surface area contributed by atoms with Gasteiger partial charge in [0.1, 0.15) is 0 Å². The molecule has 1 heterocycles. The predicted molar refractivity (Wildman–Crippen MR) is 70.1 cm³/mol. The van der Waals surface area contributed by atoms with Crippen molar-refractivity contribution in [1.29, 1.82) is 0 Å². The van der Waals surface area contributed by atoms with Crippen LogP contribution >= 0.6 is 15.9 Å². The van der Waals surface area contributed by atoms with Crippen LogP contribution in [0.3, 0.4) is 0 Å². The average molecular weight is 303 g/mol. The Morgan fingerprint density at radius 3 is 2.82 bits per heavy atom. The van der Waals surface area contributed by atoms with Crippen molar-refractivity contribution in [1.82, 2.24) is 10.6 Å². The zero-order chi connectivity index (χ0) is 12.3. The summed E-state index contributed by atoms with van der Waals surface area (Å²) in [5.74, 6) is 0.741. The summed E-state index contributed by atoms with van der Waals surface area (Å²) in [7, 11) is 0. The summed E-state index contributed by atoms with van der Waals surface area (Å²) >= 11 is 3.21. The van der Waals surface area contributed by atoms with E-state index in [2.05, 4.69) is 33.1 Å². The van der Waals surface area contributed by atoms with Gasteiger partial charge in [-0.3, -0.25) is 0 Å². The molecule has 2 aliphatic rings. The summed E-state index contributed by atoms with van der Waals surface area (Å²) in [6.45, 7) is 4.89. The first-order chi connectivity index (χ1) is 8.15. The third kappa shape index (κ3) is 4.32. The third-order valence-electron chi connectivity index (χ3n) is 3.24. The van der Waals surface area contributed by atoms with E-state index in [4.69, 9.17) is 4.74 Å². The van der Waals surface area contributed by atoms with Crippen LogP contribution in [0.2, 0.25) is 0 Å². The number of carbonyl (C=O) groups is 1. The topological polar surface area (TPSA) is 50.4 Å². The molecular weight excluding hydrogens is 284 g/mol. The quantitative estimate of drug-likeness (QED) is 0.836. The Labute approximate surface area is 110 Å². The first-order valence-electron chi connectivity index (χ1n) is 6.14. The second-order valence-electron chi connectivity index (χ2n) is 4.81. The Balaban J connectivity index is 1.70. The minimum atomic E-state index is -0.118. The summed E-state index contributed by atoms with van der Waals surface area (Å²) in [6, 6.07) is 0.130. The van der Waals surface area contributed by atoms with Gasteiger partial charge >= 0.3 is 6.03 Å². The van der Waals surface area contributed by atoms with Crippen LogP contribution in [0.15, 0.2) is 11.1 Å². The molecule has 0 aromatic heterocycles. The van der Waals surface area contributed by atoms with E-state index in [0.29, 0.717) is 12.6 Å². The van der Waals surface area contributed by atoms with Crippen LogP contribution in [0.1, 0.15) is 25.7 Å². The van der Waals surface area contributed by atoms with Gasteiger partial charge in [-0.1, -0.05) is 22.5 Å². The minimum Gasteiger partial charge on any atom is -0.378 e. The minimum absolute atomic E-state index is 0.118. The number of rotatable bonds is 4. The Kier molecular flexibility index (Phi) is 4.45. The van der Waals surface area contributed by atoms with Gasteiger partial charge in [0.15, 0.2) is 0 Å². The number of carbonyl (C=O) groups excluding carboxylic acids is 1. The van der Waals surface area contributed by atoms with Crippen LogP contribution in [0.5, 0.6) is 0 Å². The fourth-order valence-electron chi connectivity index (χ4n) is 2.17. The molecule has 5 heteroatoms. The van der Waals surface area contributed by atoms with E-state index in [9.17, 15) is 4.79 Å². The van der Waals surface area contributed by atoms with Crippen molar-refractivity contribution < 1.29 is 9.53 Å². The molecule has 2 amide bonds. The Morgan fingerprint density at radius 2 is 2.18 bits per heavy atom. The van der Waals surface area contributed by atoms with E-state index >= 15 is 0 Å². The zero-order valence-electron chi connectivity index (χ0n) is 9.88. The molecule has 0 aromatic carbocycles. The second-order valence-corrected chi connectivity index (χ2v) is 5.93. The highest BCUT2D eigenvalue weighted by atomic mass is 79.9. The maximum absolute atomic E-state index is 11.6. The van der Waals surface area contributed by atoms with E-state index in [1.54, 1.807) is 0 Å². The van der Waals surface area contributed by atoms with Crippen molar-refractivity contribution in [3.8, 4) is 0 Å². The van der Waals surface area contributed by atoms with Crippen LogP contribution in [0.4, 0.5) is 4.79 Å². The molecule has 0 radical (unpaired) electrons. The number of halogens is 1. The number of urea groups is 1. The fraction of sp³-hybridized carbons (Fsp3) is 0.750. The molecule has 1 aliphatic carbocycles. The molecule has 2 atom stereocenters. The maximum atomic E-state index is 11.6. The highest BCUT2D eigenvalue weighted by Crippen LogP contribution is 2.38. The van der Waals surface area contributed by atoms with Gasteiger partial charge in [0.05, 0.1) is 12.6 Å². The molecule has 1 saturated carbocycles. The number of nitrogens with one attached hydrogen (secondary N) is 2. The van der Waals surface area contributed by atoms with Crippen LogP contribution in [-0.2, 0) is 4.74 Å². The molecule has 1 saturated heterocycles. The molecule has 0 spiro atoms. The average Bonchev–Trinajstić information content (AvgIpc) is 3.10. The number of ether oxygens (including phenoxy) is 1. The summed E-state index contributed by atoms with van der Waals surface area (Å²) in [6.07, 6.45) is 4.79. The van der Waals surface area contributed by atoms with Gasteiger partial charge in [0.25, 0.3) is 0 Å². The lowest BCUT2D eigenvalue weighted by atomic mass is 10.0. The smallest absolute Gasteiger partial charge is 0.315 e. The Hall–Kier alpha value is -0.550. The molecule has 2 N–H and O–H groups in total. The standard InChI is InChI=1S/C12H19BrN2O2/c1-8(13)7-14-12(16)15-10-4-5-17-11(6-10)9-2-3-9/h9-11H,1-7H2,(H2,14,15,16)/t10-,11+/m0/s1. The molecule has 0 aromatic rings. The highest BCUT2D eigenvalue weighted by Gasteiger charge is 2.36. The van der Waals surface area contributed by atoms with Gasteiger partial charge in [-0.2, -0.15) is 0 Å². The number of amides is 2. The van der Waals surface area contributed by atoms with Gasteiger partial charge in [0, 0.05) is 17.1 Å². The van der Waals surface area contributed by atoms with Gasteiger partial charge in [-0.15, -0.1) is 0 Å². The van der Waals surface area contributed by atoms with E-state index in [1.165, 1.54) is 12.8 Å². The maximum Gasteiger partial charge on any atom is 0.315 e. The molecule has 2 fully saturated rings. The van der Waals surface area contributed by atoms with E-state index in [1.807, 2.05) is 0 Å². The monoisotopic (exact) mass is 302 g/mol. The molecule has 96 valence electrons. The normalized spacial score (nSPS) is 28.5. The van der Waals surface area contributed by atoms with Gasteiger partial charge in [0.2, 0.25) is 0 Å². The van der Waals surface area contributed by atoms with E-state index in [-0.39, 0.29) is 12.1 Å². The predicted octanol–water partition coefficient (Wildman–Crippen LogP) is 2.15. The largest absolute Gasteiger partial charge is 0.378 e. The van der Waals surface area contributed by atoms with E-state index in [0.717, 1.165) is 29.8 Å². The van der Waals surface area contributed by atoms with Crippen molar-refractivity contribution in [2.24, 2.45) is 5.92 Å². The van der Waals surface area contributed by atoms with Crippen molar-refractivity contribution in [2.75, 3.05) is 13.2 Å². The zero-order valence-corrected chi connectivity index (χ0v) is 11.5. The first-order valence-corrected chi connectivity index (χ1v) is 6.93. The van der Waals surface area contributed by atoms with Gasteiger partial charge in [-0.25, -0.2) is 4.79 Å². The molecule has 1 aliphatic heterocycles. The van der Waals surface area contributed by atoms with Crippen molar-refractivity contribution in [3.63, 3.8) is 0 Å². The summed E-state index contributed by atoms with van der Waals surface area (Å²) < 4.78 is 6.49. The van der Waals surface area contributed by atoms with Crippen molar-refractivity contribution in [2.45, 2.75) is 37.8 Å². The SMILES string of the molecule is C=C(Br)CNC(=O)N[C@H]1CCO[C@@H](C2CC2)C1. The number of hydrogen-bond acceptors (Lipinski definition) is 2. The van der Waals surface area contributed by atoms with Crippen LogP contribution in [-0.4, -0.2) is 31.3 Å². The van der Waals surface area contributed by atoms with Gasteiger partial charge in [-0.05, 0) is 31.6 Å². The third-order valence-corrected chi connectivity index (χ3v) is 3.52. The molecule has 17 heavy (non-hydrogen) atoms. The van der Waals surface area contributed by atoms with Crippen molar-refractivity contribution >= 4 is 22.0 Å². The van der Waals surface area contributed by atoms with E-state index < -0.39 is 0 Å². The second kappa shape index (κ2) is 5.87. The summed E-state index contributed by atoms with van der Waals surface area (Å²) in [5, 5.41) is 5.75. The summed E-state index contributed by atoms with van der Waals surface area (Å²) in [4.78, 5) is 11.6. The van der Waals surface area contributed by atoms with Crippen LogP contribution < -0.4 is 10.6 Å². The summed E-state index contributed by atoms with van der Waals surface area (Å²) in [5.41, 5.74) is 0. The first kappa shape index (κ1) is 12.9.